The van der Waals surface area contributed by atoms with Crippen molar-refractivity contribution in [2.75, 3.05) is 25.9 Å². The summed E-state index contributed by atoms with van der Waals surface area (Å²) in [6.45, 7) is 3.00. The summed E-state index contributed by atoms with van der Waals surface area (Å²) in [5.74, 6) is 0.590. The van der Waals surface area contributed by atoms with Crippen LogP contribution in [-0.2, 0) is 16.4 Å². The number of piperidine rings is 1. The van der Waals surface area contributed by atoms with Gasteiger partial charge >= 0.3 is 0 Å². The number of amides is 1. The molecule has 0 N–H and O–H groups in total. The van der Waals surface area contributed by atoms with Crippen LogP contribution < -0.4 is 0 Å². The lowest BCUT2D eigenvalue weighted by molar-refractivity contribution is 0.0551. The Morgan fingerprint density at radius 2 is 1.81 bits per heavy atom. The van der Waals surface area contributed by atoms with Crippen LogP contribution >= 0.6 is 0 Å². The highest BCUT2D eigenvalue weighted by atomic mass is 32.2. The highest BCUT2D eigenvalue weighted by Crippen LogP contribution is 2.32. The molecule has 0 spiro atoms. The van der Waals surface area contributed by atoms with E-state index in [0.717, 1.165) is 38.0 Å². The summed E-state index contributed by atoms with van der Waals surface area (Å²) in [6.07, 6.45) is 5.31. The van der Waals surface area contributed by atoms with E-state index >= 15 is 0 Å². The Labute approximate surface area is 190 Å². The fourth-order valence-electron chi connectivity index (χ4n) is 4.49. The van der Waals surface area contributed by atoms with Crippen LogP contribution in [0.3, 0.4) is 0 Å². The monoisotopic (exact) mass is 451 g/mol. The maximum Gasteiger partial charge on any atom is 0.254 e. The minimum atomic E-state index is -3.27. The zero-order valence-electron chi connectivity index (χ0n) is 18.4. The first kappa shape index (κ1) is 22.5. The molecule has 1 amide bonds. The molecule has 2 aliphatic rings. The maximum atomic E-state index is 13.3. The van der Waals surface area contributed by atoms with Crippen LogP contribution in [0, 0.1) is 17.2 Å². The fourth-order valence-corrected chi connectivity index (χ4v) is 5.42. The topological polar surface area (TPSA) is 81.5 Å². The first-order valence-corrected chi connectivity index (χ1v) is 13.1. The van der Waals surface area contributed by atoms with Gasteiger partial charge in [0.25, 0.3) is 5.91 Å². The van der Waals surface area contributed by atoms with E-state index in [9.17, 15) is 18.5 Å². The van der Waals surface area contributed by atoms with E-state index in [1.807, 2.05) is 17.0 Å². The van der Waals surface area contributed by atoms with Crippen LogP contribution in [0.1, 0.15) is 47.2 Å². The van der Waals surface area contributed by atoms with Crippen LogP contribution in [0.2, 0.25) is 0 Å². The van der Waals surface area contributed by atoms with Gasteiger partial charge in [0.15, 0.2) is 9.84 Å². The molecular weight excluding hydrogens is 422 g/mol. The molecule has 1 saturated carbocycles. The smallest absolute Gasteiger partial charge is 0.254 e. The summed E-state index contributed by atoms with van der Waals surface area (Å²) in [5.41, 5.74) is 1.91. The highest BCUT2D eigenvalue weighted by Gasteiger charge is 2.33. The highest BCUT2D eigenvalue weighted by molar-refractivity contribution is 7.90. The van der Waals surface area contributed by atoms with Gasteiger partial charge in [-0.2, -0.15) is 5.26 Å². The number of hydrogen-bond donors (Lipinski definition) is 0. The Morgan fingerprint density at radius 3 is 2.47 bits per heavy atom. The zero-order chi connectivity index (χ0) is 22.7. The van der Waals surface area contributed by atoms with Crippen LogP contribution in [0.25, 0.3) is 0 Å². The Hall–Kier alpha value is -2.69. The minimum Gasteiger partial charge on any atom is -0.335 e. The molecule has 2 aromatic carbocycles. The van der Waals surface area contributed by atoms with Crippen molar-refractivity contribution < 1.29 is 13.2 Å². The molecule has 168 valence electrons. The molecule has 1 heterocycles. The summed E-state index contributed by atoms with van der Waals surface area (Å²) in [5, 5.41) is 9.19. The number of carbonyl (C=O) groups is 1. The molecule has 0 radical (unpaired) electrons. The van der Waals surface area contributed by atoms with Crippen molar-refractivity contribution in [3.8, 4) is 6.07 Å². The maximum absolute atomic E-state index is 13.3. The molecule has 2 aromatic rings. The number of sulfone groups is 1. The normalized spacial score (nSPS) is 17.6. The predicted molar refractivity (Wildman–Crippen MR) is 123 cm³/mol. The van der Waals surface area contributed by atoms with E-state index < -0.39 is 9.84 Å². The van der Waals surface area contributed by atoms with Gasteiger partial charge in [0.1, 0.15) is 0 Å². The van der Waals surface area contributed by atoms with Crippen molar-refractivity contribution in [3.63, 3.8) is 0 Å². The molecule has 7 heteroatoms. The van der Waals surface area contributed by atoms with Crippen molar-refractivity contribution >= 4 is 15.7 Å². The summed E-state index contributed by atoms with van der Waals surface area (Å²) in [7, 11) is -3.27. The molecular formula is C25H29N3O3S. The summed E-state index contributed by atoms with van der Waals surface area (Å²) in [4.78, 5) is 18.0. The van der Waals surface area contributed by atoms with Crippen LogP contribution in [0.5, 0.6) is 0 Å². The van der Waals surface area contributed by atoms with Crippen molar-refractivity contribution in [1.82, 2.24) is 9.80 Å². The van der Waals surface area contributed by atoms with Crippen molar-refractivity contribution in [3.05, 3.63) is 65.2 Å². The van der Waals surface area contributed by atoms with Gasteiger partial charge in [0, 0.05) is 44.0 Å². The van der Waals surface area contributed by atoms with Gasteiger partial charge in [-0.25, -0.2) is 8.42 Å². The molecule has 0 aromatic heterocycles. The quantitative estimate of drug-likeness (QED) is 0.644. The molecule has 2 fully saturated rings. The summed E-state index contributed by atoms with van der Waals surface area (Å²) < 4.78 is 24.2. The van der Waals surface area contributed by atoms with Gasteiger partial charge in [-0.1, -0.05) is 24.3 Å². The van der Waals surface area contributed by atoms with E-state index in [0.29, 0.717) is 28.5 Å². The van der Waals surface area contributed by atoms with E-state index in [4.69, 9.17) is 0 Å². The van der Waals surface area contributed by atoms with Crippen molar-refractivity contribution in [1.29, 1.82) is 5.26 Å². The largest absolute Gasteiger partial charge is 0.335 e. The third kappa shape index (κ3) is 5.37. The average Bonchev–Trinajstić information content (AvgIpc) is 3.62. The van der Waals surface area contributed by atoms with Gasteiger partial charge in [0.05, 0.1) is 16.5 Å². The number of nitriles is 1. The fraction of sp³-hybridized carbons (Fsp3) is 0.440. The van der Waals surface area contributed by atoms with Gasteiger partial charge in [0.2, 0.25) is 0 Å². The summed E-state index contributed by atoms with van der Waals surface area (Å²) in [6, 6.07) is 16.4. The second kappa shape index (κ2) is 9.43. The molecule has 32 heavy (non-hydrogen) atoms. The van der Waals surface area contributed by atoms with Gasteiger partial charge in [-0.05, 0) is 61.4 Å². The van der Waals surface area contributed by atoms with E-state index in [1.54, 1.807) is 36.4 Å². The molecule has 1 aliphatic heterocycles. The lowest BCUT2D eigenvalue weighted by Crippen LogP contribution is -2.48. The molecule has 1 aliphatic carbocycles. The third-order valence-corrected chi connectivity index (χ3v) is 7.61. The number of benzene rings is 2. The van der Waals surface area contributed by atoms with E-state index in [-0.39, 0.29) is 11.9 Å². The average molecular weight is 452 g/mol. The lowest BCUT2D eigenvalue weighted by Gasteiger charge is -2.39. The number of rotatable bonds is 7. The second-order valence-electron chi connectivity index (χ2n) is 8.98. The molecule has 4 rings (SSSR count). The van der Waals surface area contributed by atoms with Crippen LogP contribution in [-0.4, -0.2) is 56.1 Å². The summed E-state index contributed by atoms with van der Waals surface area (Å²) >= 11 is 0. The van der Waals surface area contributed by atoms with E-state index in [1.165, 1.54) is 19.1 Å². The Morgan fingerprint density at radius 1 is 1.09 bits per heavy atom. The SMILES string of the molecule is CS(=O)(=O)c1ccccc1CN1CCC(N(CC2CC2)C(=O)c2cccc(C#N)c2)CC1. The Kier molecular flexibility index (Phi) is 6.63. The van der Waals surface area contributed by atoms with Crippen molar-refractivity contribution in [2.24, 2.45) is 5.92 Å². The molecule has 0 bridgehead atoms. The Bertz CT molecular complexity index is 1130. The lowest BCUT2D eigenvalue weighted by atomic mass is 10.00. The van der Waals surface area contributed by atoms with Crippen LogP contribution in [0.4, 0.5) is 0 Å². The number of likely N-dealkylation sites (tertiary alicyclic amines) is 1. The third-order valence-electron chi connectivity index (χ3n) is 6.42. The van der Waals surface area contributed by atoms with Gasteiger partial charge < -0.3 is 4.90 Å². The number of carbonyl (C=O) groups excluding carboxylic acids is 1. The first-order chi connectivity index (χ1) is 15.3. The predicted octanol–water partition coefficient (Wildman–Crippen LogP) is 3.48. The number of hydrogen-bond acceptors (Lipinski definition) is 5. The molecule has 0 unspecified atom stereocenters. The van der Waals surface area contributed by atoms with Gasteiger partial charge in [-0.3, -0.25) is 9.69 Å². The standard InChI is InChI=1S/C25H29N3O3S/c1-32(30,31)24-8-3-2-6-22(24)18-27-13-11-23(12-14-27)28(17-19-9-10-19)25(29)21-7-4-5-20(15-21)16-26/h2-8,15,19,23H,9-14,17-18H2,1H3. The van der Waals surface area contributed by atoms with E-state index in [2.05, 4.69) is 11.0 Å². The van der Waals surface area contributed by atoms with Crippen molar-refractivity contribution in [2.45, 2.75) is 43.2 Å². The molecule has 6 nitrogen and oxygen atoms in total. The second-order valence-corrected chi connectivity index (χ2v) is 11.0. The molecule has 1 saturated heterocycles. The first-order valence-electron chi connectivity index (χ1n) is 11.2. The zero-order valence-corrected chi connectivity index (χ0v) is 19.2. The van der Waals surface area contributed by atoms with Gasteiger partial charge in [-0.15, -0.1) is 0 Å². The Balaban J connectivity index is 1.44. The van der Waals surface area contributed by atoms with Crippen LogP contribution in [0.15, 0.2) is 53.4 Å². The number of nitrogens with zero attached hydrogens (tertiary/aromatic N) is 3. The minimum absolute atomic E-state index is 0.00914. The molecule has 0 atom stereocenters.